The van der Waals surface area contributed by atoms with E-state index in [-0.39, 0.29) is 9.99 Å². The minimum Gasteiger partial charge on any atom is -0.253 e. The van der Waals surface area contributed by atoms with Crippen molar-refractivity contribution in [2.24, 2.45) is 0 Å². The van der Waals surface area contributed by atoms with E-state index in [1.165, 1.54) is 18.3 Å². The Kier molecular flexibility index (Phi) is 2.65. The fourth-order valence-corrected chi connectivity index (χ4v) is 1.72. The number of benzene rings is 1. The van der Waals surface area contributed by atoms with E-state index < -0.39 is 18.5 Å². The molecule has 0 radical (unpaired) electrons. The molecule has 7 heteroatoms. The van der Waals surface area contributed by atoms with Crippen LogP contribution < -0.4 is 0 Å². The van der Waals surface area contributed by atoms with Crippen molar-refractivity contribution in [3.8, 4) is 0 Å². The van der Waals surface area contributed by atoms with Gasteiger partial charge in [-0.15, -0.1) is 0 Å². The predicted octanol–water partition coefficient (Wildman–Crippen LogP) is 3.50. The number of alkyl halides is 3. The molecule has 0 amide bonds. The Morgan fingerprint density at radius 2 is 2.00 bits per heavy atom. The van der Waals surface area contributed by atoms with E-state index in [9.17, 15) is 17.6 Å². The highest BCUT2D eigenvalue weighted by atomic mass is 79.9. The highest BCUT2D eigenvalue weighted by Crippen LogP contribution is 2.27. The van der Waals surface area contributed by atoms with Crippen molar-refractivity contribution >= 4 is 26.8 Å². The lowest BCUT2D eigenvalue weighted by Crippen LogP contribution is -2.18. The van der Waals surface area contributed by atoms with Crippen LogP contribution in [0.3, 0.4) is 0 Å². The molecule has 0 unspecified atom stereocenters. The van der Waals surface area contributed by atoms with Gasteiger partial charge in [-0.05, 0) is 28.1 Å². The molecule has 0 spiro atoms. The molecule has 2 aromatic rings. The second kappa shape index (κ2) is 3.73. The van der Waals surface area contributed by atoms with E-state index in [4.69, 9.17) is 0 Å². The van der Waals surface area contributed by atoms with E-state index >= 15 is 0 Å². The van der Waals surface area contributed by atoms with Gasteiger partial charge >= 0.3 is 6.18 Å². The number of hydrogen-bond acceptors (Lipinski definition) is 1. The maximum Gasteiger partial charge on any atom is 0.408 e. The highest BCUT2D eigenvalue weighted by Gasteiger charge is 2.29. The Morgan fingerprint density at radius 3 is 2.62 bits per heavy atom. The Labute approximate surface area is 96.0 Å². The standard InChI is InChI=1S/C9H5BrF4N2/c10-6-2-1-5-3-15-16(4-9(12,13)14)8(5)7(6)11/h1-3H,4H2. The van der Waals surface area contributed by atoms with Crippen molar-refractivity contribution in [1.29, 1.82) is 0 Å². The van der Waals surface area contributed by atoms with Crippen molar-refractivity contribution in [3.05, 3.63) is 28.6 Å². The Morgan fingerprint density at radius 1 is 1.31 bits per heavy atom. The molecular weight excluding hydrogens is 292 g/mol. The van der Waals surface area contributed by atoms with Crippen LogP contribution in [-0.4, -0.2) is 16.0 Å². The molecule has 0 N–H and O–H groups in total. The zero-order valence-electron chi connectivity index (χ0n) is 7.72. The molecule has 0 aliphatic carbocycles. The smallest absolute Gasteiger partial charge is 0.253 e. The molecule has 1 aromatic heterocycles. The number of hydrogen-bond donors (Lipinski definition) is 0. The van der Waals surface area contributed by atoms with Gasteiger partial charge in [0.2, 0.25) is 0 Å². The topological polar surface area (TPSA) is 17.8 Å². The maximum atomic E-state index is 13.6. The van der Waals surface area contributed by atoms with Crippen molar-refractivity contribution in [2.45, 2.75) is 12.7 Å². The van der Waals surface area contributed by atoms with E-state index in [2.05, 4.69) is 21.0 Å². The third kappa shape index (κ3) is 2.04. The molecule has 0 atom stereocenters. The fourth-order valence-electron chi connectivity index (χ4n) is 1.40. The first-order valence-electron chi connectivity index (χ1n) is 4.25. The third-order valence-corrected chi connectivity index (χ3v) is 2.64. The Balaban J connectivity index is 2.59. The van der Waals surface area contributed by atoms with Gasteiger partial charge in [-0.3, -0.25) is 4.68 Å². The lowest BCUT2D eigenvalue weighted by Gasteiger charge is -2.08. The molecule has 2 rings (SSSR count). The van der Waals surface area contributed by atoms with Crippen LogP contribution in [0.1, 0.15) is 0 Å². The fraction of sp³-hybridized carbons (Fsp3) is 0.222. The van der Waals surface area contributed by atoms with Crippen LogP contribution in [0.25, 0.3) is 10.9 Å². The molecule has 86 valence electrons. The molecule has 2 nitrogen and oxygen atoms in total. The summed E-state index contributed by atoms with van der Waals surface area (Å²) in [5, 5.41) is 3.86. The number of halogens is 5. The van der Waals surface area contributed by atoms with E-state index in [1.54, 1.807) is 0 Å². The van der Waals surface area contributed by atoms with Crippen LogP contribution in [0.2, 0.25) is 0 Å². The minimum atomic E-state index is -4.42. The first-order chi connectivity index (χ1) is 7.38. The zero-order chi connectivity index (χ0) is 11.9. The summed E-state index contributed by atoms with van der Waals surface area (Å²) in [6.45, 7) is -1.30. The van der Waals surface area contributed by atoms with E-state index in [1.807, 2.05) is 0 Å². The van der Waals surface area contributed by atoms with Crippen molar-refractivity contribution < 1.29 is 17.6 Å². The highest BCUT2D eigenvalue weighted by molar-refractivity contribution is 9.10. The van der Waals surface area contributed by atoms with Crippen LogP contribution >= 0.6 is 15.9 Å². The summed E-state index contributed by atoms with van der Waals surface area (Å²) in [7, 11) is 0. The maximum absolute atomic E-state index is 13.6. The van der Waals surface area contributed by atoms with Gasteiger partial charge in [0, 0.05) is 5.39 Å². The second-order valence-corrected chi connectivity index (χ2v) is 4.07. The van der Waals surface area contributed by atoms with Gasteiger partial charge in [0.1, 0.15) is 12.1 Å². The van der Waals surface area contributed by atoms with E-state index in [0.29, 0.717) is 10.1 Å². The Hall–Kier alpha value is -1.11. The van der Waals surface area contributed by atoms with Gasteiger partial charge < -0.3 is 0 Å². The summed E-state index contributed by atoms with van der Waals surface area (Å²) in [5.74, 6) is -0.737. The lowest BCUT2D eigenvalue weighted by molar-refractivity contribution is -0.141. The van der Waals surface area contributed by atoms with Crippen LogP contribution in [0.5, 0.6) is 0 Å². The largest absolute Gasteiger partial charge is 0.408 e. The average Bonchev–Trinajstić information content (AvgIpc) is 2.53. The van der Waals surface area contributed by atoms with Crippen LogP contribution in [0.15, 0.2) is 22.8 Å². The minimum absolute atomic E-state index is 0.115. The summed E-state index contributed by atoms with van der Waals surface area (Å²) in [6.07, 6.45) is -3.22. The van der Waals surface area contributed by atoms with Gasteiger partial charge in [0.05, 0.1) is 10.7 Å². The normalized spacial score (nSPS) is 12.3. The quantitative estimate of drug-likeness (QED) is 0.737. The number of fused-ring (bicyclic) bond motifs is 1. The summed E-state index contributed by atoms with van der Waals surface area (Å²) in [5.41, 5.74) is -0.147. The van der Waals surface area contributed by atoms with Crippen molar-refractivity contribution in [3.63, 3.8) is 0 Å². The molecule has 1 heterocycles. The summed E-state index contributed by atoms with van der Waals surface area (Å²) in [4.78, 5) is 0. The molecule has 0 bridgehead atoms. The number of rotatable bonds is 1. The van der Waals surface area contributed by atoms with Crippen molar-refractivity contribution in [1.82, 2.24) is 9.78 Å². The van der Waals surface area contributed by atoms with Gasteiger partial charge in [-0.1, -0.05) is 0 Å². The predicted molar refractivity (Wildman–Crippen MR) is 53.4 cm³/mol. The molecular formula is C9H5BrF4N2. The average molecular weight is 297 g/mol. The molecule has 16 heavy (non-hydrogen) atoms. The Bertz CT molecular complexity index is 532. The van der Waals surface area contributed by atoms with Gasteiger partial charge in [0.25, 0.3) is 0 Å². The van der Waals surface area contributed by atoms with Crippen LogP contribution in [-0.2, 0) is 6.54 Å². The second-order valence-electron chi connectivity index (χ2n) is 3.22. The van der Waals surface area contributed by atoms with Crippen molar-refractivity contribution in [2.75, 3.05) is 0 Å². The molecule has 0 saturated heterocycles. The summed E-state index contributed by atoms with van der Waals surface area (Å²) in [6, 6.07) is 2.93. The first kappa shape index (κ1) is 11.4. The summed E-state index contributed by atoms with van der Waals surface area (Å²) >= 11 is 2.92. The van der Waals surface area contributed by atoms with Gasteiger partial charge in [0.15, 0.2) is 5.82 Å². The molecule has 0 aliphatic heterocycles. The SMILES string of the molecule is Fc1c(Br)ccc2cnn(CC(F)(F)F)c12. The third-order valence-electron chi connectivity index (χ3n) is 2.02. The monoisotopic (exact) mass is 296 g/mol. The molecule has 0 aliphatic rings. The van der Waals surface area contributed by atoms with Gasteiger partial charge in [-0.2, -0.15) is 18.3 Å². The van der Waals surface area contributed by atoms with Gasteiger partial charge in [-0.25, -0.2) is 4.39 Å². The first-order valence-corrected chi connectivity index (χ1v) is 5.04. The summed E-state index contributed by atoms with van der Waals surface area (Å²) < 4.78 is 50.9. The molecule has 0 saturated carbocycles. The number of nitrogens with zero attached hydrogens (tertiary/aromatic N) is 2. The van der Waals surface area contributed by atoms with Crippen LogP contribution in [0.4, 0.5) is 17.6 Å². The van der Waals surface area contributed by atoms with E-state index in [0.717, 1.165) is 0 Å². The van der Waals surface area contributed by atoms with Crippen LogP contribution in [0, 0.1) is 5.82 Å². The lowest BCUT2D eigenvalue weighted by atomic mass is 10.2. The molecule has 0 fully saturated rings. The number of aromatic nitrogens is 2. The zero-order valence-corrected chi connectivity index (χ0v) is 9.31. The molecule has 1 aromatic carbocycles.